The van der Waals surface area contributed by atoms with Crippen LogP contribution < -0.4 is 10.6 Å². The molecule has 5 heteroatoms. The quantitative estimate of drug-likeness (QED) is 0.819. The molecule has 16 heavy (non-hydrogen) atoms. The number of nitrogens with zero attached hydrogens (tertiary/aromatic N) is 1. The van der Waals surface area contributed by atoms with Crippen LogP contribution in [0.5, 0.6) is 0 Å². The molecule has 0 unspecified atom stereocenters. The predicted octanol–water partition coefficient (Wildman–Crippen LogP) is 1.51. The van der Waals surface area contributed by atoms with Crippen molar-refractivity contribution in [2.75, 3.05) is 13.6 Å². The minimum absolute atomic E-state index is 0.0386. The Morgan fingerprint density at radius 3 is 3.25 bits per heavy atom. The molecule has 0 saturated heterocycles. The summed E-state index contributed by atoms with van der Waals surface area (Å²) in [5, 5.41) is 7.64. The molecule has 1 aromatic heterocycles. The van der Waals surface area contributed by atoms with Gasteiger partial charge in [-0.25, -0.2) is 4.79 Å². The van der Waals surface area contributed by atoms with Crippen molar-refractivity contribution in [2.45, 2.75) is 13.0 Å². The van der Waals surface area contributed by atoms with Gasteiger partial charge < -0.3 is 15.5 Å². The highest BCUT2D eigenvalue weighted by atomic mass is 32.1. The molecule has 0 spiro atoms. The van der Waals surface area contributed by atoms with Gasteiger partial charge in [0.25, 0.3) is 0 Å². The second-order valence-electron chi connectivity index (χ2n) is 3.61. The van der Waals surface area contributed by atoms with Crippen LogP contribution in [0.25, 0.3) is 0 Å². The van der Waals surface area contributed by atoms with E-state index in [0.29, 0.717) is 0 Å². The van der Waals surface area contributed by atoms with Crippen LogP contribution in [0.15, 0.2) is 23.8 Å². The highest BCUT2D eigenvalue weighted by Gasteiger charge is 2.20. The van der Waals surface area contributed by atoms with Gasteiger partial charge in [0.2, 0.25) is 0 Å². The van der Waals surface area contributed by atoms with Crippen LogP contribution in [0.1, 0.15) is 10.4 Å². The molecule has 0 aliphatic carbocycles. The zero-order valence-electron chi connectivity index (χ0n) is 9.19. The molecule has 86 valence electrons. The summed E-state index contributed by atoms with van der Waals surface area (Å²) >= 11 is 1.78. The summed E-state index contributed by atoms with van der Waals surface area (Å²) in [6.07, 6.45) is 4.28. The molecule has 0 aromatic carbocycles. The van der Waals surface area contributed by atoms with E-state index in [2.05, 4.69) is 22.1 Å². The number of thiophene rings is 1. The smallest absolute Gasteiger partial charge is 0.321 e. The third-order valence-corrected chi connectivity index (χ3v) is 3.57. The fraction of sp³-hybridized carbons (Fsp3) is 0.364. The van der Waals surface area contributed by atoms with Gasteiger partial charge in [0, 0.05) is 37.4 Å². The van der Waals surface area contributed by atoms with E-state index in [4.69, 9.17) is 0 Å². The first-order valence-corrected chi connectivity index (χ1v) is 6.12. The standard InChI is InChI=1S/C11H15N3OS/c1-12-4-5-13-11(15)14-6-2-10-9(8-14)3-7-16-10/h3-5,7,12H,2,6,8H2,1H3,(H,13,15)/b5-4-. The Labute approximate surface area is 99.0 Å². The van der Waals surface area contributed by atoms with E-state index >= 15 is 0 Å². The van der Waals surface area contributed by atoms with Gasteiger partial charge in [0.1, 0.15) is 0 Å². The Hall–Kier alpha value is -1.49. The van der Waals surface area contributed by atoms with Crippen LogP contribution in [-0.2, 0) is 13.0 Å². The number of carbonyl (C=O) groups excluding carboxylic acids is 1. The van der Waals surface area contributed by atoms with Crippen LogP contribution in [0.4, 0.5) is 4.79 Å². The Bertz CT molecular complexity index is 400. The molecule has 0 radical (unpaired) electrons. The number of amides is 2. The molecule has 0 saturated carbocycles. The number of hydrogen-bond donors (Lipinski definition) is 2. The zero-order valence-corrected chi connectivity index (χ0v) is 10.0. The molecular weight excluding hydrogens is 222 g/mol. The fourth-order valence-electron chi connectivity index (χ4n) is 1.71. The summed E-state index contributed by atoms with van der Waals surface area (Å²) in [4.78, 5) is 15.0. The molecule has 1 aliphatic heterocycles. The first-order valence-electron chi connectivity index (χ1n) is 5.24. The first kappa shape index (κ1) is 11.0. The van der Waals surface area contributed by atoms with Gasteiger partial charge in [0.15, 0.2) is 0 Å². The van der Waals surface area contributed by atoms with Crippen LogP contribution in [-0.4, -0.2) is 24.5 Å². The minimum Gasteiger partial charge on any atom is -0.393 e. The first-order chi connectivity index (χ1) is 7.81. The molecule has 2 rings (SSSR count). The zero-order chi connectivity index (χ0) is 11.4. The maximum absolute atomic E-state index is 11.7. The van der Waals surface area contributed by atoms with E-state index in [-0.39, 0.29) is 6.03 Å². The Kier molecular flexibility index (Phi) is 3.46. The molecular formula is C11H15N3OS. The normalized spacial score (nSPS) is 14.9. The van der Waals surface area contributed by atoms with Crippen molar-refractivity contribution in [3.63, 3.8) is 0 Å². The van der Waals surface area contributed by atoms with E-state index in [9.17, 15) is 4.79 Å². The number of nitrogens with one attached hydrogen (secondary N) is 2. The van der Waals surface area contributed by atoms with Gasteiger partial charge in [-0.3, -0.25) is 0 Å². The second kappa shape index (κ2) is 5.03. The molecule has 0 bridgehead atoms. The van der Waals surface area contributed by atoms with Crippen molar-refractivity contribution >= 4 is 17.4 Å². The lowest BCUT2D eigenvalue weighted by Crippen LogP contribution is -2.40. The summed E-state index contributed by atoms with van der Waals surface area (Å²) in [5.41, 5.74) is 1.28. The van der Waals surface area contributed by atoms with Crippen molar-refractivity contribution in [3.05, 3.63) is 34.3 Å². The lowest BCUT2D eigenvalue weighted by atomic mass is 10.1. The average Bonchev–Trinajstić information content (AvgIpc) is 2.76. The van der Waals surface area contributed by atoms with Crippen LogP contribution in [0, 0.1) is 0 Å². The lowest BCUT2D eigenvalue weighted by molar-refractivity contribution is 0.196. The van der Waals surface area contributed by atoms with E-state index in [0.717, 1.165) is 19.5 Å². The van der Waals surface area contributed by atoms with Crippen LogP contribution in [0.3, 0.4) is 0 Å². The van der Waals surface area contributed by atoms with E-state index in [1.54, 1.807) is 30.8 Å². The number of carbonyl (C=O) groups is 1. The fourth-order valence-corrected chi connectivity index (χ4v) is 2.60. The minimum atomic E-state index is -0.0386. The highest BCUT2D eigenvalue weighted by molar-refractivity contribution is 7.10. The second-order valence-corrected chi connectivity index (χ2v) is 4.61. The molecule has 0 atom stereocenters. The third-order valence-electron chi connectivity index (χ3n) is 2.55. The SMILES string of the molecule is CN/C=C\NC(=O)N1CCc2sccc2C1. The van der Waals surface area contributed by atoms with Gasteiger partial charge in [-0.2, -0.15) is 0 Å². The molecule has 1 aliphatic rings. The summed E-state index contributed by atoms with van der Waals surface area (Å²) < 4.78 is 0. The summed E-state index contributed by atoms with van der Waals surface area (Å²) in [7, 11) is 1.79. The summed E-state index contributed by atoms with van der Waals surface area (Å²) in [5.74, 6) is 0. The van der Waals surface area contributed by atoms with Gasteiger partial charge in [-0.05, 0) is 23.4 Å². The Morgan fingerprint density at radius 2 is 2.44 bits per heavy atom. The molecule has 2 N–H and O–H groups in total. The van der Waals surface area contributed by atoms with Crippen LogP contribution >= 0.6 is 11.3 Å². The van der Waals surface area contributed by atoms with E-state index < -0.39 is 0 Å². The van der Waals surface area contributed by atoms with Crippen molar-refractivity contribution in [3.8, 4) is 0 Å². The molecule has 0 fully saturated rings. The monoisotopic (exact) mass is 237 g/mol. The predicted molar refractivity (Wildman–Crippen MR) is 65.2 cm³/mol. The van der Waals surface area contributed by atoms with Gasteiger partial charge in [0.05, 0.1) is 0 Å². The largest absolute Gasteiger partial charge is 0.393 e. The van der Waals surface area contributed by atoms with Gasteiger partial charge in [-0.15, -0.1) is 11.3 Å². The Morgan fingerprint density at radius 1 is 1.56 bits per heavy atom. The van der Waals surface area contributed by atoms with Crippen molar-refractivity contribution < 1.29 is 4.79 Å². The summed E-state index contributed by atoms with van der Waals surface area (Å²) in [6.45, 7) is 1.52. The van der Waals surface area contributed by atoms with Crippen LogP contribution in [0.2, 0.25) is 0 Å². The van der Waals surface area contributed by atoms with E-state index in [1.807, 2.05) is 4.90 Å². The third kappa shape index (κ3) is 2.36. The number of fused-ring (bicyclic) bond motifs is 1. The maximum atomic E-state index is 11.7. The number of urea groups is 1. The van der Waals surface area contributed by atoms with Crippen molar-refractivity contribution in [1.29, 1.82) is 0 Å². The number of rotatable bonds is 2. The molecule has 2 heterocycles. The molecule has 2 amide bonds. The maximum Gasteiger partial charge on any atom is 0.321 e. The number of hydrogen-bond acceptors (Lipinski definition) is 3. The lowest BCUT2D eigenvalue weighted by Gasteiger charge is -2.26. The van der Waals surface area contributed by atoms with Crippen molar-refractivity contribution in [2.24, 2.45) is 0 Å². The van der Waals surface area contributed by atoms with Crippen molar-refractivity contribution in [1.82, 2.24) is 15.5 Å². The molecule has 4 nitrogen and oxygen atoms in total. The van der Waals surface area contributed by atoms with Gasteiger partial charge >= 0.3 is 6.03 Å². The van der Waals surface area contributed by atoms with E-state index in [1.165, 1.54) is 10.4 Å². The topological polar surface area (TPSA) is 44.4 Å². The average molecular weight is 237 g/mol. The highest BCUT2D eigenvalue weighted by Crippen LogP contribution is 2.23. The summed E-state index contributed by atoms with van der Waals surface area (Å²) in [6, 6.07) is 2.06. The van der Waals surface area contributed by atoms with Gasteiger partial charge in [-0.1, -0.05) is 0 Å². The Balaban J connectivity index is 1.93. The molecule has 1 aromatic rings.